The molecule has 5 heteroatoms. The van der Waals surface area contributed by atoms with E-state index in [0.717, 1.165) is 10.9 Å². The lowest BCUT2D eigenvalue weighted by Gasteiger charge is -2.01. The Bertz CT molecular complexity index is 824. The van der Waals surface area contributed by atoms with Gasteiger partial charge in [0.15, 0.2) is 5.69 Å². The first-order chi connectivity index (χ1) is 10.2. The first kappa shape index (κ1) is 13.6. The molecule has 2 aromatic carbocycles. The van der Waals surface area contributed by atoms with Gasteiger partial charge in [-0.1, -0.05) is 41.9 Å². The third-order valence-corrected chi connectivity index (χ3v) is 3.66. The van der Waals surface area contributed by atoms with E-state index in [4.69, 9.17) is 11.6 Å². The van der Waals surface area contributed by atoms with Crippen molar-refractivity contribution in [2.24, 2.45) is 10.2 Å². The van der Waals surface area contributed by atoms with Crippen LogP contribution in [0, 0.1) is 0 Å². The number of hydrogen-bond donors (Lipinski definition) is 1. The summed E-state index contributed by atoms with van der Waals surface area (Å²) in [7, 11) is 0. The Labute approximate surface area is 127 Å². The van der Waals surface area contributed by atoms with Gasteiger partial charge >= 0.3 is 0 Å². The highest BCUT2D eigenvalue weighted by atomic mass is 35.5. The first-order valence-corrected chi connectivity index (χ1v) is 7.06. The van der Waals surface area contributed by atoms with Crippen molar-refractivity contribution in [3.63, 3.8) is 0 Å². The maximum absolute atomic E-state index is 10.3. The summed E-state index contributed by atoms with van der Waals surface area (Å²) in [5.74, 6) is 0.120. The van der Waals surface area contributed by atoms with E-state index in [-0.39, 0.29) is 5.88 Å². The lowest BCUT2D eigenvalue weighted by Crippen LogP contribution is -1.91. The summed E-state index contributed by atoms with van der Waals surface area (Å²) in [5, 5.41) is 20.1. The molecule has 0 aliphatic rings. The highest BCUT2D eigenvalue weighted by Crippen LogP contribution is 2.39. The van der Waals surface area contributed by atoms with Crippen molar-refractivity contribution in [3.05, 3.63) is 53.6 Å². The second kappa shape index (κ2) is 5.58. The summed E-state index contributed by atoms with van der Waals surface area (Å²) in [6.45, 7) is 2.63. The largest absolute Gasteiger partial charge is 0.493 e. The van der Waals surface area contributed by atoms with Crippen LogP contribution in [0.25, 0.3) is 10.9 Å². The maximum Gasteiger partial charge on any atom is 0.220 e. The number of azo groups is 1. The van der Waals surface area contributed by atoms with Gasteiger partial charge in [-0.05, 0) is 25.1 Å². The quantitative estimate of drug-likeness (QED) is 0.644. The van der Waals surface area contributed by atoms with Crippen LogP contribution in [0.3, 0.4) is 0 Å². The molecule has 106 valence electrons. The van der Waals surface area contributed by atoms with Crippen molar-refractivity contribution in [2.75, 3.05) is 0 Å². The zero-order valence-corrected chi connectivity index (χ0v) is 12.2. The third-order valence-electron chi connectivity index (χ3n) is 3.34. The van der Waals surface area contributed by atoms with Gasteiger partial charge in [-0.15, -0.1) is 10.2 Å². The van der Waals surface area contributed by atoms with Crippen molar-refractivity contribution in [1.82, 2.24) is 4.57 Å². The Morgan fingerprint density at radius 3 is 2.52 bits per heavy atom. The van der Waals surface area contributed by atoms with Crippen molar-refractivity contribution in [3.8, 4) is 5.88 Å². The molecule has 3 aromatic rings. The van der Waals surface area contributed by atoms with Crippen molar-refractivity contribution >= 4 is 33.9 Å². The number of benzene rings is 2. The minimum absolute atomic E-state index is 0.120. The monoisotopic (exact) mass is 299 g/mol. The topological polar surface area (TPSA) is 49.9 Å². The van der Waals surface area contributed by atoms with E-state index < -0.39 is 0 Å². The Balaban J connectivity index is 2.13. The molecule has 0 atom stereocenters. The van der Waals surface area contributed by atoms with Crippen LogP contribution < -0.4 is 0 Å². The van der Waals surface area contributed by atoms with Crippen LogP contribution in [0.15, 0.2) is 58.8 Å². The molecule has 4 nitrogen and oxygen atoms in total. The Kier molecular flexibility index (Phi) is 3.62. The second-order valence-electron chi connectivity index (χ2n) is 4.59. The molecule has 3 rings (SSSR count). The number of aryl methyl sites for hydroxylation is 1. The van der Waals surface area contributed by atoms with E-state index in [1.165, 1.54) is 0 Å². The minimum Gasteiger partial charge on any atom is -0.493 e. The number of nitrogens with zero attached hydrogens (tertiary/aromatic N) is 3. The molecular formula is C16H14ClN3O. The SMILES string of the molecule is CCn1c(O)c(N=Nc2ccccc2Cl)c2ccccc21. The van der Waals surface area contributed by atoms with Gasteiger partial charge in [-0.3, -0.25) is 0 Å². The van der Waals surface area contributed by atoms with Gasteiger partial charge < -0.3 is 9.67 Å². The lowest BCUT2D eigenvalue weighted by atomic mass is 10.2. The van der Waals surface area contributed by atoms with E-state index >= 15 is 0 Å². The second-order valence-corrected chi connectivity index (χ2v) is 4.99. The maximum atomic E-state index is 10.3. The number of hydrogen-bond acceptors (Lipinski definition) is 3. The van der Waals surface area contributed by atoms with Crippen molar-refractivity contribution in [2.45, 2.75) is 13.5 Å². The van der Waals surface area contributed by atoms with E-state index in [1.807, 2.05) is 43.3 Å². The standard InChI is InChI=1S/C16H14ClN3O/c1-2-20-14-10-6-3-7-11(14)15(16(20)21)19-18-13-9-5-4-8-12(13)17/h3-10,21H,2H2,1H3. The summed E-state index contributed by atoms with van der Waals surface area (Å²) >= 11 is 6.06. The van der Waals surface area contributed by atoms with Gasteiger partial charge in [0.25, 0.3) is 0 Å². The van der Waals surface area contributed by atoms with E-state index in [1.54, 1.807) is 16.7 Å². The molecule has 0 aliphatic carbocycles. The molecule has 0 unspecified atom stereocenters. The van der Waals surface area contributed by atoms with E-state index in [2.05, 4.69) is 10.2 Å². The van der Waals surface area contributed by atoms with Gasteiger partial charge in [0, 0.05) is 11.9 Å². The average Bonchev–Trinajstić information content (AvgIpc) is 2.78. The van der Waals surface area contributed by atoms with Crippen LogP contribution in [-0.4, -0.2) is 9.67 Å². The first-order valence-electron chi connectivity index (χ1n) is 6.69. The van der Waals surface area contributed by atoms with Crippen molar-refractivity contribution < 1.29 is 5.11 Å². The molecule has 0 aliphatic heterocycles. The minimum atomic E-state index is 0.120. The number of rotatable bonds is 3. The number of para-hydroxylation sites is 1. The molecular weight excluding hydrogens is 286 g/mol. The van der Waals surface area contributed by atoms with E-state index in [0.29, 0.717) is 22.9 Å². The molecule has 0 radical (unpaired) electrons. The van der Waals surface area contributed by atoms with Gasteiger partial charge in [-0.2, -0.15) is 0 Å². The van der Waals surface area contributed by atoms with Gasteiger partial charge in [0.2, 0.25) is 5.88 Å². The van der Waals surface area contributed by atoms with E-state index in [9.17, 15) is 5.11 Å². The van der Waals surface area contributed by atoms with Crippen LogP contribution in [0.1, 0.15) is 6.92 Å². The molecule has 0 saturated heterocycles. The fraction of sp³-hybridized carbons (Fsp3) is 0.125. The normalized spacial score (nSPS) is 11.5. The van der Waals surface area contributed by atoms with Crippen LogP contribution in [0.2, 0.25) is 5.02 Å². The summed E-state index contributed by atoms with van der Waals surface area (Å²) < 4.78 is 1.80. The Morgan fingerprint density at radius 1 is 1.05 bits per heavy atom. The van der Waals surface area contributed by atoms with Crippen LogP contribution in [0.4, 0.5) is 11.4 Å². The number of aromatic nitrogens is 1. The number of aromatic hydroxyl groups is 1. The molecule has 0 fully saturated rings. The molecule has 0 amide bonds. The van der Waals surface area contributed by atoms with Crippen LogP contribution in [-0.2, 0) is 6.54 Å². The van der Waals surface area contributed by atoms with Gasteiger partial charge in [-0.25, -0.2) is 0 Å². The summed E-state index contributed by atoms with van der Waals surface area (Å²) in [6.07, 6.45) is 0. The molecule has 0 bridgehead atoms. The lowest BCUT2D eigenvalue weighted by molar-refractivity contribution is 0.427. The molecule has 0 saturated carbocycles. The number of halogens is 1. The smallest absolute Gasteiger partial charge is 0.220 e. The predicted octanol–water partition coefficient (Wildman–Crippen LogP) is 5.44. The average molecular weight is 300 g/mol. The predicted molar refractivity (Wildman–Crippen MR) is 84.9 cm³/mol. The highest BCUT2D eigenvalue weighted by Gasteiger charge is 2.15. The van der Waals surface area contributed by atoms with Crippen LogP contribution >= 0.6 is 11.6 Å². The molecule has 1 aromatic heterocycles. The molecule has 21 heavy (non-hydrogen) atoms. The molecule has 1 heterocycles. The van der Waals surface area contributed by atoms with Crippen molar-refractivity contribution in [1.29, 1.82) is 0 Å². The number of fused-ring (bicyclic) bond motifs is 1. The summed E-state index contributed by atoms with van der Waals surface area (Å²) in [4.78, 5) is 0. The molecule has 1 N–H and O–H groups in total. The van der Waals surface area contributed by atoms with Gasteiger partial charge in [0.05, 0.1) is 10.5 Å². The summed E-state index contributed by atoms with van der Waals surface area (Å²) in [5.41, 5.74) is 1.98. The fourth-order valence-electron chi connectivity index (χ4n) is 2.33. The zero-order chi connectivity index (χ0) is 14.8. The fourth-order valence-corrected chi connectivity index (χ4v) is 2.50. The van der Waals surface area contributed by atoms with Gasteiger partial charge in [0.1, 0.15) is 5.69 Å². The highest BCUT2D eigenvalue weighted by molar-refractivity contribution is 6.32. The van der Waals surface area contributed by atoms with Crippen LogP contribution in [0.5, 0.6) is 5.88 Å². The Morgan fingerprint density at radius 2 is 1.76 bits per heavy atom. The summed E-state index contributed by atoms with van der Waals surface area (Å²) in [6, 6.07) is 14.9. The Hall–Kier alpha value is -2.33. The third kappa shape index (κ3) is 2.38. The molecule has 0 spiro atoms. The zero-order valence-electron chi connectivity index (χ0n) is 11.5.